The number of hydrogen-bond donors (Lipinski definition) is 0. The fraction of sp³-hybridized carbons (Fsp3) is 0.714. The zero-order valence-corrected chi connectivity index (χ0v) is 15.6. The summed E-state index contributed by atoms with van der Waals surface area (Å²) in [7, 11) is 0. The molecule has 1 saturated heterocycles. The Bertz CT molecular complexity index is 735. The van der Waals surface area contributed by atoms with Crippen molar-refractivity contribution in [1.29, 1.82) is 5.26 Å². The van der Waals surface area contributed by atoms with E-state index in [0.717, 1.165) is 25.7 Å². The number of hydrogen-bond acceptors (Lipinski definition) is 4. The molecule has 0 aromatic rings. The van der Waals surface area contributed by atoms with E-state index >= 15 is 0 Å². The van der Waals surface area contributed by atoms with Crippen LogP contribution in [-0.4, -0.2) is 24.8 Å². The summed E-state index contributed by atoms with van der Waals surface area (Å²) >= 11 is 0. The highest BCUT2D eigenvalue weighted by Crippen LogP contribution is 2.68. The zero-order valence-electron chi connectivity index (χ0n) is 15.6. The van der Waals surface area contributed by atoms with Crippen LogP contribution in [0.3, 0.4) is 0 Å². The summed E-state index contributed by atoms with van der Waals surface area (Å²) in [6.45, 7) is 10.4. The number of rotatable bonds is 0. The van der Waals surface area contributed by atoms with E-state index in [9.17, 15) is 10.1 Å². The first kappa shape index (κ1) is 17.0. The topological polar surface area (TPSA) is 59.3 Å². The molecule has 4 heteroatoms. The molecule has 3 fully saturated rings. The number of fused-ring (bicyclic) bond motifs is 3. The van der Waals surface area contributed by atoms with Crippen molar-refractivity contribution < 1.29 is 14.3 Å². The number of nitrogens with zero attached hydrogens (tertiary/aromatic N) is 1. The van der Waals surface area contributed by atoms with Gasteiger partial charge in [0.15, 0.2) is 11.6 Å². The lowest BCUT2D eigenvalue weighted by Crippen LogP contribution is -2.61. The highest BCUT2D eigenvalue weighted by molar-refractivity contribution is 6.08. The maximum absolute atomic E-state index is 12.4. The molecule has 1 heterocycles. The minimum absolute atomic E-state index is 0.0653. The molecular formula is C21H27NO3. The van der Waals surface area contributed by atoms with Gasteiger partial charge in [-0.1, -0.05) is 39.3 Å². The largest absolute Gasteiger partial charge is 0.347 e. The van der Waals surface area contributed by atoms with Crippen LogP contribution in [0.25, 0.3) is 0 Å². The van der Waals surface area contributed by atoms with E-state index in [1.54, 1.807) is 6.08 Å². The second-order valence-electron chi connectivity index (χ2n) is 9.19. The van der Waals surface area contributed by atoms with Crippen molar-refractivity contribution >= 4 is 5.78 Å². The Morgan fingerprint density at radius 1 is 1.12 bits per heavy atom. The molecule has 0 radical (unpaired) electrons. The summed E-state index contributed by atoms with van der Waals surface area (Å²) < 4.78 is 12.3. The van der Waals surface area contributed by atoms with Crippen LogP contribution in [0.15, 0.2) is 23.3 Å². The number of allylic oxidation sites excluding steroid dienone is 4. The van der Waals surface area contributed by atoms with Crippen molar-refractivity contribution in [2.45, 2.75) is 59.2 Å². The highest BCUT2D eigenvalue weighted by atomic mass is 16.7. The predicted octanol–water partition coefficient (Wildman–Crippen LogP) is 3.93. The van der Waals surface area contributed by atoms with Crippen LogP contribution < -0.4 is 0 Å². The molecular weight excluding hydrogens is 314 g/mol. The quantitative estimate of drug-likeness (QED) is 0.670. The number of ether oxygens (including phenoxy) is 2. The molecule has 0 bridgehead atoms. The second-order valence-corrected chi connectivity index (χ2v) is 9.19. The summed E-state index contributed by atoms with van der Waals surface area (Å²) in [6.07, 6.45) is 7.50. The van der Waals surface area contributed by atoms with E-state index in [4.69, 9.17) is 9.47 Å². The van der Waals surface area contributed by atoms with Crippen molar-refractivity contribution in [1.82, 2.24) is 0 Å². The third-order valence-corrected chi connectivity index (χ3v) is 7.66. The molecule has 3 atom stereocenters. The van der Waals surface area contributed by atoms with Gasteiger partial charge in [-0.25, -0.2) is 0 Å². The first-order valence-electron chi connectivity index (χ1n) is 9.36. The lowest BCUT2D eigenvalue weighted by Gasteiger charge is -2.63. The van der Waals surface area contributed by atoms with Crippen molar-refractivity contribution in [3.05, 3.63) is 23.3 Å². The van der Waals surface area contributed by atoms with Gasteiger partial charge in [0.25, 0.3) is 0 Å². The Balaban J connectivity index is 1.79. The van der Waals surface area contributed by atoms with E-state index in [1.807, 2.05) is 6.08 Å². The van der Waals surface area contributed by atoms with Gasteiger partial charge in [0.05, 0.1) is 18.8 Å². The molecule has 0 aromatic carbocycles. The molecule has 1 spiro atoms. The molecule has 2 saturated carbocycles. The fourth-order valence-electron chi connectivity index (χ4n) is 6.35. The number of carbonyl (C=O) groups excluding carboxylic acids is 1. The first-order valence-corrected chi connectivity index (χ1v) is 9.36. The third kappa shape index (κ3) is 2.03. The van der Waals surface area contributed by atoms with Crippen LogP contribution in [-0.2, 0) is 14.3 Å². The molecule has 4 rings (SSSR count). The van der Waals surface area contributed by atoms with Gasteiger partial charge in [-0.2, -0.15) is 5.26 Å². The van der Waals surface area contributed by atoms with E-state index in [1.165, 1.54) is 5.57 Å². The molecule has 1 aliphatic heterocycles. The predicted molar refractivity (Wildman–Crippen MR) is 93.4 cm³/mol. The van der Waals surface area contributed by atoms with Crippen LogP contribution in [0.5, 0.6) is 0 Å². The zero-order chi connectivity index (χ0) is 18.1. The average molecular weight is 341 g/mol. The Morgan fingerprint density at radius 2 is 1.80 bits per heavy atom. The van der Waals surface area contributed by atoms with Crippen molar-refractivity contribution in [3.8, 4) is 6.07 Å². The summed E-state index contributed by atoms with van der Waals surface area (Å²) in [5, 5.41) is 9.28. The molecule has 4 nitrogen and oxygen atoms in total. The van der Waals surface area contributed by atoms with Gasteiger partial charge in [0.1, 0.15) is 6.07 Å². The summed E-state index contributed by atoms with van der Waals surface area (Å²) in [4.78, 5) is 12.4. The highest BCUT2D eigenvalue weighted by Gasteiger charge is 2.65. The SMILES string of the molecule is CC12C=C(C#N)C(=O)C=C1[C@@]1(C)CCC3(OCCO3)C(C)(C)[C@@H]1CC2. The summed E-state index contributed by atoms with van der Waals surface area (Å²) in [5.41, 5.74) is 1.12. The maximum Gasteiger partial charge on any atom is 0.196 e. The van der Waals surface area contributed by atoms with Crippen LogP contribution in [0.4, 0.5) is 0 Å². The van der Waals surface area contributed by atoms with Crippen LogP contribution in [0, 0.1) is 33.5 Å². The third-order valence-electron chi connectivity index (χ3n) is 7.66. The Labute approximate surface area is 149 Å². The molecule has 3 aliphatic carbocycles. The lowest BCUT2D eigenvalue weighted by molar-refractivity contribution is -0.284. The Kier molecular flexibility index (Phi) is 3.43. The summed E-state index contributed by atoms with van der Waals surface area (Å²) in [5.74, 6) is -0.239. The van der Waals surface area contributed by atoms with Gasteiger partial charge < -0.3 is 9.47 Å². The molecule has 0 N–H and O–H groups in total. The van der Waals surface area contributed by atoms with E-state index < -0.39 is 5.79 Å². The van der Waals surface area contributed by atoms with Crippen molar-refractivity contribution in [3.63, 3.8) is 0 Å². The second kappa shape index (κ2) is 5.05. The van der Waals surface area contributed by atoms with E-state index in [-0.39, 0.29) is 22.0 Å². The number of carbonyl (C=O) groups is 1. The first-order chi connectivity index (χ1) is 11.7. The van der Waals surface area contributed by atoms with E-state index in [2.05, 4.69) is 33.8 Å². The van der Waals surface area contributed by atoms with Crippen LogP contribution >= 0.6 is 0 Å². The monoisotopic (exact) mass is 341 g/mol. The molecule has 4 aliphatic rings. The minimum Gasteiger partial charge on any atom is -0.347 e. The smallest absolute Gasteiger partial charge is 0.196 e. The fourth-order valence-corrected chi connectivity index (χ4v) is 6.35. The van der Waals surface area contributed by atoms with Crippen molar-refractivity contribution in [2.75, 3.05) is 13.2 Å². The Hall–Kier alpha value is -1.44. The molecule has 25 heavy (non-hydrogen) atoms. The van der Waals surface area contributed by atoms with Gasteiger partial charge in [-0.3, -0.25) is 4.79 Å². The van der Waals surface area contributed by atoms with Gasteiger partial charge in [-0.15, -0.1) is 0 Å². The lowest BCUT2D eigenvalue weighted by atomic mass is 9.43. The normalized spacial score (nSPS) is 41.4. The minimum atomic E-state index is -0.488. The van der Waals surface area contributed by atoms with Gasteiger partial charge in [-0.05, 0) is 36.7 Å². The number of nitriles is 1. The molecule has 0 amide bonds. The van der Waals surface area contributed by atoms with E-state index in [0.29, 0.717) is 24.7 Å². The molecule has 0 aromatic heterocycles. The van der Waals surface area contributed by atoms with Crippen LogP contribution in [0.2, 0.25) is 0 Å². The molecule has 134 valence electrons. The average Bonchev–Trinajstić information content (AvgIpc) is 3.03. The number of ketones is 1. The van der Waals surface area contributed by atoms with Crippen molar-refractivity contribution in [2.24, 2.45) is 22.2 Å². The molecule has 1 unspecified atom stereocenters. The van der Waals surface area contributed by atoms with Gasteiger partial charge in [0, 0.05) is 17.3 Å². The van der Waals surface area contributed by atoms with Gasteiger partial charge in [0.2, 0.25) is 0 Å². The standard InChI is InChI=1S/C21H27NO3/c1-18(2)16-5-6-19(3)12-14(13-22)15(23)11-17(19)20(16,4)7-8-21(18)24-9-10-25-21/h11-12,16H,5-10H2,1-4H3/t16-,19?,20-/m0/s1. The summed E-state index contributed by atoms with van der Waals surface area (Å²) in [6, 6.07) is 2.08. The maximum atomic E-state index is 12.4. The Morgan fingerprint density at radius 3 is 2.44 bits per heavy atom. The van der Waals surface area contributed by atoms with Crippen LogP contribution in [0.1, 0.15) is 53.4 Å². The van der Waals surface area contributed by atoms with Gasteiger partial charge >= 0.3 is 0 Å².